The van der Waals surface area contributed by atoms with Crippen LogP contribution in [0.15, 0.2) is 48.5 Å². The Kier molecular flexibility index (Phi) is 6.18. The minimum absolute atomic E-state index is 0.709. The maximum absolute atomic E-state index is 5.49. The normalized spacial score (nSPS) is 10.8. The maximum atomic E-state index is 5.49. The molecular weight excluding hydrogens is 328 g/mol. The lowest BCUT2D eigenvalue weighted by Crippen LogP contribution is -1.94. The lowest BCUT2D eigenvalue weighted by atomic mass is 10.0. The molecule has 3 aromatic rings. The van der Waals surface area contributed by atoms with Gasteiger partial charge in [-0.1, -0.05) is 54.7 Å². The van der Waals surface area contributed by atoms with Crippen LogP contribution in [0.5, 0.6) is 5.75 Å². The zero-order valence-corrected chi connectivity index (χ0v) is 15.7. The van der Waals surface area contributed by atoms with E-state index in [-0.39, 0.29) is 0 Å². The van der Waals surface area contributed by atoms with E-state index in [2.05, 4.69) is 53.5 Å². The molecule has 0 fully saturated rings. The highest BCUT2D eigenvalue weighted by Crippen LogP contribution is 2.24. The van der Waals surface area contributed by atoms with E-state index in [0.29, 0.717) is 6.61 Å². The Morgan fingerprint density at radius 2 is 1.44 bits per heavy atom. The molecule has 130 valence electrons. The van der Waals surface area contributed by atoms with Crippen LogP contribution in [0.2, 0.25) is 0 Å². The topological polar surface area (TPSA) is 35.0 Å². The van der Waals surface area contributed by atoms with Crippen molar-refractivity contribution >= 4 is 11.3 Å². The van der Waals surface area contributed by atoms with Crippen LogP contribution in [0.4, 0.5) is 0 Å². The first-order valence-corrected chi connectivity index (χ1v) is 9.73. The predicted molar refractivity (Wildman–Crippen MR) is 104 cm³/mol. The summed E-state index contributed by atoms with van der Waals surface area (Å²) in [5.74, 6) is 0.940. The maximum Gasteiger partial charge on any atom is 0.147 e. The summed E-state index contributed by atoms with van der Waals surface area (Å²) in [7, 11) is 0. The molecule has 2 aromatic carbocycles. The van der Waals surface area contributed by atoms with Crippen LogP contribution in [0.3, 0.4) is 0 Å². The Balaban J connectivity index is 1.58. The number of aryl methyl sites for hydroxylation is 3. The van der Waals surface area contributed by atoms with E-state index >= 15 is 0 Å². The predicted octanol–water partition coefficient (Wildman–Crippen LogP) is 5.34. The van der Waals surface area contributed by atoms with E-state index in [1.165, 1.54) is 11.1 Å². The molecule has 25 heavy (non-hydrogen) atoms. The summed E-state index contributed by atoms with van der Waals surface area (Å²) in [5.41, 5.74) is 3.83. The first-order chi connectivity index (χ1) is 12.3. The number of ether oxygens (including phenoxy) is 1. The van der Waals surface area contributed by atoms with Gasteiger partial charge in [-0.3, -0.25) is 0 Å². The molecule has 0 saturated carbocycles. The van der Waals surface area contributed by atoms with E-state index in [1.54, 1.807) is 11.3 Å². The molecule has 0 N–H and O–H groups in total. The third-order valence-electron chi connectivity index (χ3n) is 4.07. The Morgan fingerprint density at radius 1 is 0.800 bits per heavy atom. The standard InChI is InChI=1S/C21H24N2OS/c1-3-5-20-22-23-21(25-20)18-12-8-16(9-13-18)6-7-17-10-14-19(15-11-17)24-4-2/h8-15H,3-7H2,1-2H3. The second kappa shape index (κ2) is 8.77. The summed E-state index contributed by atoms with van der Waals surface area (Å²) in [6.07, 6.45) is 4.19. The molecule has 0 atom stereocenters. The van der Waals surface area contributed by atoms with Crippen molar-refractivity contribution in [2.45, 2.75) is 39.5 Å². The van der Waals surface area contributed by atoms with Crippen molar-refractivity contribution in [2.24, 2.45) is 0 Å². The Labute approximate surface area is 153 Å². The smallest absolute Gasteiger partial charge is 0.147 e. The van der Waals surface area contributed by atoms with Gasteiger partial charge in [0.2, 0.25) is 0 Å². The molecule has 4 heteroatoms. The number of aromatic nitrogens is 2. The molecule has 1 heterocycles. The highest BCUT2D eigenvalue weighted by Gasteiger charge is 2.06. The van der Waals surface area contributed by atoms with E-state index in [4.69, 9.17) is 4.74 Å². The van der Waals surface area contributed by atoms with Gasteiger partial charge in [0.25, 0.3) is 0 Å². The fourth-order valence-electron chi connectivity index (χ4n) is 2.71. The Bertz CT molecular complexity index is 778. The van der Waals surface area contributed by atoms with Crippen molar-refractivity contribution in [1.29, 1.82) is 0 Å². The molecule has 0 saturated heterocycles. The highest BCUT2D eigenvalue weighted by molar-refractivity contribution is 7.14. The number of benzene rings is 2. The van der Waals surface area contributed by atoms with Crippen molar-refractivity contribution in [3.63, 3.8) is 0 Å². The fourth-order valence-corrected chi connectivity index (χ4v) is 3.65. The van der Waals surface area contributed by atoms with E-state index in [1.807, 2.05) is 19.1 Å². The second-order valence-electron chi connectivity index (χ2n) is 6.02. The first-order valence-electron chi connectivity index (χ1n) is 8.92. The van der Waals surface area contributed by atoms with Gasteiger partial charge < -0.3 is 4.74 Å². The monoisotopic (exact) mass is 352 g/mol. The molecule has 0 aliphatic rings. The van der Waals surface area contributed by atoms with Gasteiger partial charge in [0.1, 0.15) is 15.8 Å². The van der Waals surface area contributed by atoms with Crippen LogP contribution >= 0.6 is 11.3 Å². The third kappa shape index (κ3) is 4.89. The average Bonchev–Trinajstić information content (AvgIpc) is 3.11. The first kappa shape index (κ1) is 17.6. The zero-order valence-electron chi connectivity index (χ0n) is 14.9. The fraction of sp³-hybridized carbons (Fsp3) is 0.333. The summed E-state index contributed by atoms with van der Waals surface area (Å²) in [4.78, 5) is 0. The average molecular weight is 353 g/mol. The summed E-state index contributed by atoms with van der Waals surface area (Å²) < 4.78 is 5.49. The highest BCUT2D eigenvalue weighted by atomic mass is 32.1. The number of hydrogen-bond acceptors (Lipinski definition) is 4. The summed E-state index contributed by atoms with van der Waals surface area (Å²) in [6, 6.07) is 17.1. The van der Waals surface area contributed by atoms with Gasteiger partial charge in [0, 0.05) is 12.0 Å². The lowest BCUT2D eigenvalue weighted by Gasteiger charge is -2.06. The van der Waals surface area contributed by atoms with Gasteiger partial charge in [-0.2, -0.15) is 0 Å². The van der Waals surface area contributed by atoms with E-state index < -0.39 is 0 Å². The zero-order chi connectivity index (χ0) is 17.5. The molecule has 0 bridgehead atoms. The molecule has 1 aromatic heterocycles. The number of nitrogens with zero attached hydrogens (tertiary/aromatic N) is 2. The van der Waals surface area contributed by atoms with Gasteiger partial charge in [-0.15, -0.1) is 10.2 Å². The van der Waals surface area contributed by atoms with Crippen LogP contribution in [-0.2, 0) is 19.3 Å². The van der Waals surface area contributed by atoms with Crippen LogP contribution in [0, 0.1) is 0 Å². The van der Waals surface area contributed by atoms with E-state index in [0.717, 1.165) is 47.0 Å². The molecule has 3 rings (SSSR count). The molecule has 0 radical (unpaired) electrons. The molecule has 0 unspecified atom stereocenters. The number of hydrogen-bond donors (Lipinski definition) is 0. The summed E-state index contributed by atoms with van der Waals surface area (Å²) in [5, 5.41) is 10.7. The van der Waals surface area contributed by atoms with Crippen LogP contribution in [0.1, 0.15) is 36.4 Å². The van der Waals surface area contributed by atoms with Crippen molar-refractivity contribution < 1.29 is 4.74 Å². The molecule has 3 nitrogen and oxygen atoms in total. The van der Waals surface area contributed by atoms with Gasteiger partial charge in [0.05, 0.1) is 6.61 Å². The van der Waals surface area contributed by atoms with Crippen molar-refractivity contribution in [2.75, 3.05) is 6.61 Å². The Morgan fingerprint density at radius 3 is 2.04 bits per heavy atom. The molecular formula is C21H24N2OS. The molecule has 0 aliphatic heterocycles. The molecule has 0 amide bonds. The third-order valence-corrected chi connectivity index (χ3v) is 5.10. The van der Waals surface area contributed by atoms with Gasteiger partial charge in [-0.05, 0) is 49.4 Å². The van der Waals surface area contributed by atoms with Crippen molar-refractivity contribution in [3.05, 3.63) is 64.7 Å². The lowest BCUT2D eigenvalue weighted by molar-refractivity contribution is 0.340. The van der Waals surface area contributed by atoms with Crippen molar-refractivity contribution in [1.82, 2.24) is 10.2 Å². The van der Waals surface area contributed by atoms with Crippen molar-refractivity contribution in [3.8, 4) is 16.3 Å². The minimum Gasteiger partial charge on any atom is -0.494 e. The quantitative estimate of drug-likeness (QED) is 0.549. The summed E-state index contributed by atoms with van der Waals surface area (Å²) in [6.45, 7) is 4.88. The summed E-state index contributed by atoms with van der Waals surface area (Å²) >= 11 is 1.70. The minimum atomic E-state index is 0.709. The SMILES string of the molecule is CCCc1nnc(-c2ccc(CCc3ccc(OCC)cc3)cc2)s1. The van der Waals surface area contributed by atoms with E-state index in [9.17, 15) is 0 Å². The van der Waals surface area contributed by atoms with Gasteiger partial charge >= 0.3 is 0 Å². The van der Waals surface area contributed by atoms with Crippen LogP contribution in [0.25, 0.3) is 10.6 Å². The largest absolute Gasteiger partial charge is 0.494 e. The molecule has 0 spiro atoms. The van der Waals surface area contributed by atoms with Gasteiger partial charge in [-0.25, -0.2) is 0 Å². The second-order valence-corrected chi connectivity index (χ2v) is 7.09. The number of rotatable bonds is 8. The molecule has 0 aliphatic carbocycles. The Hall–Kier alpha value is -2.20. The van der Waals surface area contributed by atoms with Crippen LogP contribution < -0.4 is 4.74 Å². The van der Waals surface area contributed by atoms with Gasteiger partial charge in [0.15, 0.2) is 0 Å². The van der Waals surface area contributed by atoms with Crippen LogP contribution in [-0.4, -0.2) is 16.8 Å².